The fraction of sp³-hybridized carbons (Fsp3) is 0.150. The van der Waals surface area contributed by atoms with Gasteiger partial charge in [0.05, 0.1) is 5.69 Å². The van der Waals surface area contributed by atoms with Crippen LogP contribution < -0.4 is 5.32 Å². The summed E-state index contributed by atoms with van der Waals surface area (Å²) < 4.78 is 13.8. The topological polar surface area (TPSA) is 58.1 Å². The van der Waals surface area contributed by atoms with E-state index in [1.54, 1.807) is 54.7 Å². The molecular formula is C20H19FN4O. The largest absolute Gasteiger partial charge is 0.341 e. The van der Waals surface area contributed by atoms with Gasteiger partial charge in [-0.05, 0) is 48.4 Å². The molecule has 0 saturated heterocycles. The molecule has 5 nitrogen and oxygen atoms in total. The Balaban J connectivity index is 1.66. The third kappa shape index (κ3) is 4.42. The Morgan fingerprint density at radius 3 is 2.65 bits per heavy atom. The molecule has 3 rings (SSSR count). The highest BCUT2D eigenvalue weighted by molar-refractivity contribution is 5.94. The number of carbonyl (C=O) groups excluding carboxylic acids is 1. The van der Waals surface area contributed by atoms with Crippen molar-refractivity contribution in [2.24, 2.45) is 0 Å². The molecule has 0 saturated carbocycles. The highest BCUT2D eigenvalue weighted by Crippen LogP contribution is 2.19. The summed E-state index contributed by atoms with van der Waals surface area (Å²) in [5.74, 6) is -0.0676. The Bertz CT molecular complexity index is 886. The average Bonchev–Trinajstić information content (AvgIpc) is 2.68. The predicted molar refractivity (Wildman–Crippen MR) is 98.8 cm³/mol. The summed E-state index contributed by atoms with van der Waals surface area (Å²) in [6.07, 6.45) is 5.75. The van der Waals surface area contributed by atoms with Crippen LogP contribution in [0.5, 0.6) is 0 Å². The predicted octanol–water partition coefficient (Wildman–Crippen LogP) is 3.67. The van der Waals surface area contributed by atoms with Gasteiger partial charge in [-0.2, -0.15) is 0 Å². The van der Waals surface area contributed by atoms with Gasteiger partial charge in [0.2, 0.25) is 0 Å². The van der Waals surface area contributed by atoms with E-state index in [1.807, 2.05) is 12.1 Å². The zero-order valence-electron chi connectivity index (χ0n) is 14.4. The van der Waals surface area contributed by atoms with Gasteiger partial charge in [-0.15, -0.1) is 0 Å². The third-order valence-electron chi connectivity index (χ3n) is 3.98. The van der Waals surface area contributed by atoms with Crippen LogP contribution in [0.1, 0.15) is 15.9 Å². The fourth-order valence-electron chi connectivity index (χ4n) is 2.50. The molecule has 1 aromatic carbocycles. The van der Waals surface area contributed by atoms with Gasteiger partial charge >= 0.3 is 0 Å². The zero-order valence-corrected chi connectivity index (χ0v) is 14.4. The molecule has 0 aliphatic carbocycles. The molecular weight excluding hydrogens is 331 g/mol. The summed E-state index contributed by atoms with van der Waals surface area (Å²) in [5.41, 5.74) is 1.93. The Morgan fingerprint density at radius 1 is 1.12 bits per heavy atom. The second kappa shape index (κ2) is 8.20. The maximum atomic E-state index is 13.8. The maximum Gasteiger partial charge on any atom is 0.253 e. The molecule has 0 unspecified atom stereocenters. The smallest absolute Gasteiger partial charge is 0.253 e. The lowest BCUT2D eigenvalue weighted by Gasteiger charge is -2.17. The average molecular weight is 350 g/mol. The van der Waals surface area contributed by atoms with Crippen LogP contribution in [0.2, 0.25) is 0 Å². The summed E-state index contributed by atoms with van der Waals surface area (Å²) in [6.45, 7) is 0.585. The van der Waals surface area contributed by atoms with Gasteiger partial charge in [0.25, 0.3) is 5.91 Å². The van der Waals surface area contributed by atoms with E-state index in [4.69, 9.17) is 0 Å². The van der Waals surface area contributed by atoms with Crippen molar-refractivity contribution in [2.45, 2.75) is 6.42 Å². The second-order valence-electron chi connectivity index (χ2n) is 5.87. The maximum absolute atomic E-state index is 13.8. The minimum absolute atomic E-state index is 0.113. The first kappa shape index (κ1) is 17.5. The number of nitrogens with one attached hydrogen (secondary N) is 1. The number of halogens is 1. The number of para-hydroxylation sites is 1. The lowest BCUT2D eigenvalue weighted by molar-refractivity contribution is 0.0796. The minimum atomic E-state index is -0.375. The van der Waals surface area contributed by atoms with Crippen molar-refractivity contribution in [2.75, 3.05) is 18.9 Å². The van der Waals surface area contributed by atoms with E-state index >= 15 is 0 Å². The number of benzene rings is 1. The number of anilines is 2. The van der Waals surface area contributed by atoms with Gasteiger partial charge in [0.1, 0.15) is 11.6 Å². The lowest BCUT2D eigenvalue weighted by Crippen LogP contribution is -2.28. The van der Waals surface area contributed by atoms with Gasteiger partial charge in [0.15, 0.2) is 0 Å². The molecule has 0 aliphatic heterocycles. The molecule has 0 atom stereocenters. The van der Waals surface area contributed by atoms with Gasteiger partial charge in [-0.3, -0.25) is 9.78 Å². The van der Waals surface area contributed by atoms with Crippen LogP contribution in [0.25, 0.3) is 0 Å². The molecule has 6 heteroatoms. The van der Waals surface area contributed by atoms with Crippen LogP contribution in [0, 0.1) is 5.82 Å². The van der Waals surface area contributed by atoms with Crippen molar-refractivity contribution in [3.63, 3.8) is 0 Å². The van der Waals surface area contributed by atoms with E-state index < -0.39 is 0 Å². The van der Waals surface area contributed by atoms with E-state index in [9.17, 15) is 9.18 Å². The molecule has 1 amide bonds. The number of carbonyl (C=O) groups is 1. The standard InChI is InChI=1S/C20H19FN4O/c1-25(13-9-15-6-10-22-11-7-15)20(26)16-8-12-23-19(14-16)24-18-5-3-2-4-17(18)21/h2-8,10-12,14H,9,13H2,1H3,(H,23,24). The van der Waals surface area contributed by atoms with E-state index in [-0.39, 0.29) is 11.7 Å². The van der Waals surface area contributed by atoms with E-state index in [2.05, 4.69) is 15.3 Å². The van der Waals surface area contributed by atoms with Crippen LogP contribution in [0.4, 0.5) is 15.9 Å². The van der Waals surface area contributed by atoms with Crippen molar-refractivity contribution >= 4 is 17.4 Å². The summed E-state index contributed by atoms with van der Waals surface area (Å²) in [5, 5.41) is 2.90. The van der Waals surface area contributed by atoms with Crippen molar-refractivity contribution in [3.05, 3.63) is 84.1 Å². The fourth-order valence-corrected chi connectivity index (χ4v) is 2.50. The number of nitrogens with zero attached hydrogens (tertiary/aromatic N) is 3. The van der Waals surface area contributed by atoms with Crippen LogP contribution in [0.15, 0.2) is 67.1 Å². The summed E-state index contributed by atoms with van der Waals surface area (Å²) in [6, 6.07) is 13.5. The summed E-state index contributed by atoms with van der Waals surface area (Å²) in [7, 11) is 1.76. The molecule has 1 N–H and O–H groups in total. The number of rotatable bonds is 6. The Morgan fingerprint density at radius 2 is 1.88 bits per heavy atom. The van der Waals surface area contributed by atoms with Gasteiger partial charge in [-0.25, -0.2) is 9.37 Å². The molecule has 2 aromatic heterocycles. The Kier molecular flexibility index (Phi) is 5.53. The summed E-state index contributed by atoms with van der Waals surface area (Å²) >= 11 is 0. The van der Waals surface area contributed by atoms with Crippen molar-refractivity contribution in [1.29, 1.82) is 0 Å². The molecule has 2 heterocycles. The number of amides is 1. The normalized spacial score (nSPS) is 10.4. The Hall–Kier alpha value is -3.28. The minimum Gasteiger partial charge on any atom is -0.341 e. The second-order valence-corrected chi connectivity index (χ2v) is 5.87. The SMILES string of the molecule is CN(CCc1ccncc1)C(=O)c1ccnc(Nc2ccccc2F)c1. The molecule has 26 heavy (non-hydrogen) atoms. The number of aromatic nitrogens is 2. The molecule has 0 radical (unpaired) electrons. The monoisotopic (exact) mass is 350 g/mol. The van der Waals surface area contributed by atoms with E-state index in [1.165, 1.54) is 12.3 Å². The Labute approximate surface area is 151 Å². The lowest BCUT2D eigenvalue weighted by atomic mass is 10.2. The molecule has 0 fully saturated rings. The van der Waals surface area contributed by atoms with Gasteiger partial charge in [-0.1, -0.05) is 12.1 Å². The highest BCUT2D eigenvalue weighted by Gasteiger charge is 2.13. The van der Waals surface area contributed by atoms with Crippen LogP contribution in [0.3, 0.4) is 0 Å². The van der Waals surface area contributed by atoms with Gasteiger partial charge < -0.3 is 10.2 Å². The van der Waals surface area contributed by atoms with Crippen molar-refractivity contribution in [1.82, 2.24) is 14.9 Å². The number of hydrogen-bond acceptors (Lipinski definition) is 4. The number of hydrogen-bond donors (Lipinski definition) is 1. The molecule has 3 aromatic rings. The van der Waals surface area contributed by atoms with Crippen molar-refractivity contribution in [3.8, 4) is 0 Å². The molecule has 132 valence electrons. The van der Waals surface area contributed by atoms with Crippen LogP contribution >= 0.6 is 0 Å². The molecule has 0 spiro atoms. The first-order valence-corrected chi connectivity index (χ1v) is 8.25. The zero-order chi connectivity index (χ0) is 18.4. The van der Waals surface area contributed by atoms with Crippen molar-refractivity contribution < 1.29 is 9.18 Å². The quantitative estimate of drug-likeness (QED) is 0.737. The molecule has 0 bridgehead atoms. The summed E-state index contributed by atoms with van der Waals surface area (Å²) in [4.78, 5) is 22.4. The number of likely N-dealkylation sites (N-methyl/N-ethyl adjacent to an activating group) is 1. The third-order valence-corrected chi connectivity index (χ3v) is 3.98. The van der Waals surface area contributed by atoms with E-state index in [0.717, 1.165) is 12.0 Å². The van der Waals surface area contributed by atoms with Gasteiger partial charge in [0, 0.05) is 37.7 Å². The van der Waals surface area contributed by atoms with Crippen LogP contribution in [-0.4, -0.2) is 34.4 Å². The first-order chi connectivity index (χ1) is 12.6. The molecule has 0 aliphatic rings. The van der Waals surface area contributed by atoms with Crippen LogP contribution in [-0.2, 0) is 6.42 Å². The first-order valence-electron chi connectivity index (χ1n) is 8.25. The highest BCUT2D eigenvalue weighted by atomic mass is 19.1. The van der Waals surface area contributed by atoms with E-state index in [0.29, 0.717) is 23.6 Å². The number of pyridine rings is 2.